The van der Waals surface area contributed by atoms with Crippen LogP contribution >= 0.6 is 0 Å². The van der Waals surface area contributed by atoms with Gasteiger partial charge < -0.3 is 10.0 Å². The molecule has 1 amide bonds. The Morgan fingerprint density at radius 3 is 2.78 bits per heavy atom. The third-order valence-corrected chi connectivity index (χ3v) is 5.58. The highest BCUT2D eigenvalue weighted by atomic mass is 16.4. The molecule has 0 radical (unpaired) electrons. The van der Waals surface area contributed by atoms with E-state index in [9.17, 15) is 14.7 Å². The maximum Gasteiger partial charge on any atom is 0.311 e. The average molecular weight is 319 g/mol. The Morgan fingerprint density at radius 2 is 2.22 bits per heavy atom. The van der Waals surface area contributed by atoms with Gasteiger partial charge in [0.1, 0.15) is 0 Å². The summed E-state index contributed by atoms with van der Waals surface area (Å²) in [7, 11) is 0. The van der Waals surface area contributed by atoms with Crippen LogP contribution in [-0.4, -0.2) is 44.8 Å². The van der Waals surface area contributed by atoms with Crippen LogP contribution in [0.4, 0.5) is 0 Å². The molecule has 3 rings (SSSR count). The minimum Gasteiger partial charge on any atom is -0.481 e. The van der Waals surface area contributed by atoms with Crippen LogP contribution in [0, 0.1) is 25.2 Å². The van der Waals surface area contributed by atoms with Crippen molar-refractivity contribution in [2.45, 2.75) is 52.5 Å². The molecule has 1 unspecified atom stereocenters. The summed E-state index contributed by atoms with van der Waals surface area (Å²) in [5.41, 5.74) is 1.29. The number of hydrogen-bond acceptors (Lipinski definition) is 3. The average Bonchev–Trinajstić information content (AvgIpc) is 3.10. The first kappa shape index (κ1) is 16.0. The second kappa shape index (κ2) is 5.65. The maximum absolute atomic E-state index is 12.6. The normalized spacial score (nSPS) is 28.0. The Hall–Kier alpha value is -1.85. The topological polar surface area (TPSA) is 75.4 Å². The number of fused-ring (bicyclic) bond motifs is 1. The number of carboxylic acids is 1. The zero-order valence-electron chi connectivity index (χ0n) is 14.1. The predicted molar refractivity (Wildman–Crippen MR) is 85.0 cm³/mol. The Morgan fingerprint density at radius 1 is 1.48 bits per heavy atom. The third-order valence-electron chi connectivity index (χ3n) is 5.58. The van der Waals surface area contributed by atoms with Gasteiger partial charge in [-0.25, -0.2) is 0 Å². The van der Waals surface area contributed by atoms with E-state index >= 15 is 0 Å². The Kier molecular flexibility index (Phi) is 3.94. The lowest BCUT2D eigenvalue weighted by Crippen LogP contribution is -2.37. The van der Waals surface area contributed by atoms with Crippen LogP contribution < -0.4 is 0 Å². The lowest BCUT2D eigenvalue weighted by atomic mass is 9.81. The molecular weight excluding hydrogens is 294 g/mol. The van der Waals surface area contributed by atoms with Gasteiger partial charge in [-0.15, -0.1) is 0 Å². The number of nitrogens with zero attached hydrogens (tertiary/aromatic N) is 3. The van der Waals surface area contributed by atoms with Crippen LogP contribution in [-0.2, 0) is 9.59 Å². The second-order valence-corrected chi connectivity index (χ2v) is 7.25. The molecule has 1 aliphatic heterocycles. The molecule has 0 spiro atoms. The molecule has 2 aliphatic rings. The number of carbonyl (C=O) groups excluding carboxylic acids is 1. The fraction of sp³-hybridized carbons (Fsp3) is 0.706. The first-order valence-electron chi connectivity index (χ1n) is 8.37. The van der Waals surface area contributed by atoms with E-state index in [2.05, 4.69) is 5.10 Å². The minimum atomic E-state index is -0.734. The SMILES string of the molecule is Cc1cc(C)n(C(C)CC(=O)N2C[C@@H]3CCC[C@@]3(C(=O)O)C2)n1. The largest absolute Gasteiger partial charge is 0.481 e. The highest BCUT2D eigenvalue weighted by molar-refractivity contribution is 5.81. The number of aromatic nitrogens is 2. The van der Waals surface area contributed by atoms with Gasteiger partial charge >= 0.3 is 5.97 Å². The van der Waals surface area contributed by atoms with Gasteiger partial charge in [-0.3, -0.25) is 14.3 Å². The number of likely N-dealkylation sites (tertiary alicyclic amines) is 1. The Labute approximate surface area is 136 Å². The summed E-state index contributed by atoms with van der Waals surface area (Å²) in [6.45, 7) is 6.88. The molecule has 23 heavy (non-hydrogen) atoms. The molecule has 1 aromatic rings. The Bertz CT molecular complexity index is 639. The van der Waals surface area contributed by atoms with E-state index in [-0.39, 0.29) is 17.9 Å². The molecular formula is C17H25N3O3. The minimum absolute atomic E-state index is 0.0163. The first-order chi connectivity index (χ1) is 10.8. The number of amides is 1. The molecule has 1 saturated carbocycles. The number of carboxylic acid groups (broad SMARTS) is 1. The molecule has 2 heterocycles. The monoisotopic (exact) mass is 319 g/mol. The van der Waals surface area contributed by atoms with Crippen LogP contribution in [0.5, 0.6) is 0 Å². The number of carbonyl (C=O) groups is 2. The number of aryl methyl sites for hydroxylation is 2. The molecule has 2 fully saturated rings. The standard InChI is InChI=1S/C17H25N3O3/c1-11-7-12(2)20(18-11)13(3)8-15(21)19-9-14-5-4-6-17(14,10-19)16(22)23/h7,13-14H,4-6,8-10H2,1-3H3,(H,22,23)/t13?,14-,17+/m0/s1. The van der Waals surface area contributed by atoms with Gasteiger partial charge in [0.05, 0.1) is 17.2 Å². The predicted octanol–water partition coefficient (Wildman–Crippen LogP) is 2.16. The van der Waals surface area contributed by atoms with Gasteiger partial charge in [0.25, 0.3) is 0 Å². The van der Waals surface area contributed by atoms with Gasteiger partial charge in [0.2, 0.25) is 5.91 Å². The van der Waals surface area contributed by atoms with Crippen molar-refractivity contribution in [2.75, 3.05) is 13.1 Å². The fourth-order valence-electron chi connectivity index (χ4n) is 4.39. The van der Waals surface area contributed by atoms with Crippen molar-refractivity contribution in [3.63, 3.8) is 0 Å². The van der Waals surface area contributed by atoms with Crippen molar-refractivity contribution in [1.82, 2.24) is 14.7 Å². The van der Waals surface area contributed by atoms with Gasteiger partial charge in [-0.1, -0.05) is 6.42 Å². The lowest BCUT2D eigenvalue weighted by Gasteiger charge is -2.24. The first-order valence-corrected chi connectivity index (χ1v) is 8.37. The molecule has 6 heteroatoms. The summed E-state index contributed by atoms with van der Waals surface area (Å²) >= 11 is 0. The van der Waals surface area contributed by atoms with Crippen LogP contribution in [0.3, 0.4) is 0 Å². The molecule has 1 saturated heterocycles. The van der Waals surface area contributed by atoms with Crippen LogP contribution in [0.1, 0.15) is 50.0 Å². The third kappa shape index (κ3) is 2.64. The van der Waals surface area contributed by atoms with E-state index < -0.39 is 11.4 Å². The molecule has 0 bridgehead atoms. The van der Waals surface area contributed by atoms with Crippen molar-refractivity contribution >= 4 is 11.9 Å². The highest BCUT2D eigenvalue weighted by Gasteiger charge is 2.55. The Balaban J connectivity index is 1.68. The van der Waals surface area contributed by atoms with E-state index in [1.54, 1.807) is 4.90 Å². The van der Waals surface area contributed by atoms with Crippen LogP contribution in [0.15, 0.2) is 6.07 Å². The molecule has 3 atom stereocenters. The summed E-state index contributed by atoms with van der Waals surface area (Å²) in [6, 6.07) is 1.98. The summed E-state index contributed by atoms with van der Waals surface area (Å²) in [6.07, 6.45) is 2.94. The molecule has 0 aromatic carbocycles. The zero-order chi connectivity index (χ0) is 16.8. The van der Waals surface area contributed by atoms with E-state index in [1.165, 1.54) is 0 Å². The van der Waals surface area contributed by atoms with Crippen molar-refractivity contribution in [3.05, 3.63) is 17.5 Å². The van der Waals surface area contributed by atoms with Crippen molar-refractivity contribution in [2.24, 2.45) is 11.3 Å². The molecule has 6 nitrogen and oxygen atoms in total. The van der Waals surface area contributed by atoms with Gasteiger partial charge in [-0.05, 0) is 45.6 Å². The van der Waals surface area contributed by atoms with Crippen LogP contribution in [0.2, 0.25) is 0 Å². The summed E-state index contributed by atoms with van der Waals surface area (Å²) in [5, 5.41) is 14.1. The molecule has 1 aliphatic carbocycles. The van der Waals surface area contributed by atoms with Crippen molar-refractivity contribution < 1.29 is 14.7 Å². The van der Waals surface area contributed by atoms with Gasteiger partial charge in [0.15, 0.2) is 0 Å². The van der Waals surface area contributed by atoms with E-state index in [0.717, 1.165) is 24.2 Å². The second-order valence-electron chi connectivity index (χ2n) is 7.25. The van der Waals surface area contributed by atoms with Crippen molar-refractivity contribution in [1.29, 1.82) is 0 Å². The summed E-state index contributed by atoms with van der Waals surface area (Å²) < 4.78 is 1.89. The lowest BCUT2D eigenvalue weighted by molar-refractivity contribution is -0.149. The quantitative estimate of drug-likeness (QED) is 0.923. The molecule has 1 aromatic heterocycles. The van der Waals surface area contributed by atoms with Gasteiger partial charge in [-0.2, -0.15) is 5.10 Å². The number of rotatable bonds is 4. The van der Waals surface area contributed by atoms with E-state index in [1.807, 2.05) is 31.5 Å². The van der Waals surface area contributed by atoms with E-state index in [4.69, 9.17) is 0 Å². The fourth-order valence-corrected chi connectivity index (χ4v) is 4.39. The zero-order valence-corrected chi connectivity index (χ0v) is 14.1. The summed E-state index contributed by atoms with van der Waals surface area (Å²) in [4.78, 5) is 26.1. The molecule has 126 valence electrons. The summed E-state index contributed by atoms with van der Waals surface area (Å²) in [5.74, 6) is -0.574. The van der Waals surface area contributed by atoms with E-state index in [0.29, 0.717) is 25.9 Å². The molecule has 1 N–H and O–H groups in total. The number of hydrogen-bond donors (Lipinski definition) is 1. The maximum atomic E-state index is 12.6. The highest BCUT2D eigenvalue weighted by Crippen LogP contribution is 2.49. The van der Waals surface area contributed by atoms with Crippen LogP contribution in [0.25, 0.3) is 0 Å². The smallest absolute Gasteiger partial charge is 0.311 e. The van der Waals surface area contributed by atoms with Gasteiger partial charge in [0, 0.05) is 25.2 Å². The number of aliphatic carboxylic acids is 1. The van der Waals surface area contributed by atoms with Crippen molar-refractivity contribution in [3.8, 4) is 0 Å².